The van der Waals surface area contributed by atoms with Crippen LogP contribution in [0.3, 0.4) is 0 Å². The van der Waals surface area contributed by atoms with E-state index in [2.05, 4.69) is 37.3 Å². The summed E-state index contributed by atoms with van der Waals surface area (Å²) in [4.78, 5) is 5.71. The van der Waals surface area contributed by atoms with E-state index in [1.165, 1.54) is 12.1 Å². The van der Waals surface area contributed by atoms with Gasteiger partial charge in [-0.2, -0.15) is 0 Å². The van der Waals surface area contributed by atoms with Crippen LogP contribution in [0.4, 0.5) is 4.39 Å². The van der Waals surface area contributed by atoms with Crippen LogP contribution in [-0.4, -0.2) is 39.6 Å². The van der Waals surface area contributed by atoms with Crippen molar-refractivity contribution in [3.8, 4) is 0 Å². The fourth-order valence-corrected chi connectivity index (χ4v) is 3.67. The summed E-state index contributed by atoms with van der Waals surface area (Å²) in [5.41, 5.74) is 0. The lowest BCUT2D eigenvalue weighted by molar-refractivity contribution is 0.626. The third-order valence-corrected chi connectivity index (χ3v) is 5.20. The van der Waals surface area contributed by atoms with Gasteiger partial charge in [-0.25, -0.2) is 9.38 Å². The standard InChI is InChI=1S/C18H25FN6S/c1-2-20-18(22-13-17-24-23-16-5-3-11-25(16)17)21-10-4-12-26-15-8-6-14(19)7-9-15/h6-9H,2-5,10-13H2,1H3,(H2,20,21,22). The van der Waals surface area contributed by atoms with Gasteiger partial charge in [-0.1, -0.05) is 0 Å². The molecule has 0 saturated carbocycles. The Morgan fingerprint density at radius 3 is 2.92 bits per heavy atom. The summed E-state index contributed by atoms with van der Waals surface area (Å²) in [6.07, 6.45) is 3.15. The largest absolute Gasteiger partial charge is 0.357 e. The molecule has 8 heteroatoms. The predicted octanol–water partition coefficient (Wildman–Crippen LogP) is 2.60. The molecule has 1 aromatic heterocycles. The summed E-state index contributed by atoms with van der Waals surface area (Å²) >= 11 is 1.73. The molecule has 0 radical (unpaired) electrons. The molecule has 6 nitrogen and oxygen atoms in total. The van der Waals surface area contributed by atoms with Crippen molar-refractivity contribution in [1.82, 2.24) is 25.4 Å². The van der Waals surface area contributed by atoms with Gasteiger partial charge in [0.15, 0.2) is 11.8 Å². The molecule has 0 atom stereocenters. The molecule has 26 heavy (non-hydrogen) atoms. The van der Waals surface area contributed by atoms with Gasteiger partial charge in [-0.15, -0.1) is 22.0 Å². The number of aliphatic imine (C=N–C) groups is 1. The van der Waals surface area contributed by atoms with E-state index in [0.29, 0.717) is 6.54 Å². The van der Waals surface area contributed by atoms with E-state index in [0.717, 1.165) is 67.2 Å². The van der Waals surface area contributed by atoms with Gasteiger partial charge >= 0.3 is 0 Å². The Bertz CT molecular complexity index is 728. The van der Waals surface area contributed by atoms with Crippen LogP contribution in [0, 0.1) is 5.82 Å². The van der Waals surface area contributed by atoms with Gasteiger partial charge in [-0.3, -0.25) is 0 Å². The van der Waals surface area contributed by atoms with E-state index in [4.69, 9.17) is 0 Å². The maximum atomic E-state index is 12.9. The summed E-state index contributed by atoms with van der Waals surface area (Å²) in [5, 5.41) is 15.1. The maximum absolute atomic E-state index is 12.9. The molecular formula is C18H25FN6S. The number of nitrogens with zero attached hydrogens (tertiary/aromatic N) is 4. The minimum Gasteiger partial charge on any atom is -0.357 e. The number of nitrogens with one attached hydrogen (secondary N) is 2. The highest BCUT2D eigenvalue weighted by atomic mass is 32.2. The normalized spacial score (nSPS) is 13.7. The smallest absolute Gasteiger partial charge is 0.191 e. The predicted molar refractivity (Wildman–Crippen MR) is 103 cm³/mol. The van der Waals surface area contributed by atoms with Crippen LogP contribution in [0.1, 0.15) is 31.4 Å². The highest BCUT2D eigenvalue weighted by Crippen LogP contribution is 2.18. The number of hydrogen-bond acceptors (Lipinski definition) is 4. The molecule has 1 aromatic carbocycles. The Labute approximate surface area is 157 Å². The summed E-state index contributed by atoms with van der Waals surface area (Å²) in [7, 11) is 0. The SMILES string of the molecule is CCNC(=NCc1nnc2n1CCC2)NCCCSc1ccc(F)cc1. The second-order valence-corrected chi connectivity index (χ2v) is 7.23. The van der Waals surface area contributed by atoms with E-state index < -0.39 is 0 Å². The number of hydrogen-bond donors (Lipinski definition) is 2. The zero-order valence-electron chi connectivity index (χ0n) is 15.0. The zero-order valence-corrected chi connectivity index (χ0v) is 15.9. The van der Waals surface area contributed by atoms with Crippen LogP contribution in [0.15, 0.2) is 34.2 Å². The van der Waals surface area contributed by atoms with Crippen molar-refractivity contribution in [3.63, 3.8) is 0 Å². The van der Waals surface area contributed by atoms with Gasteiger partial charge in [0.25, 0.3) is 0 Å². The molecule has 1 aliphatic rings. The summed E-state index contributed by atoms with van der Waals surface area (Å²) in [6, 6.07) is 6.63. The average molecular weight is 377 g/mol. The summed E-state index contributed by atoms with van der Waals surface area (Å²) in [6.45, 7) is 5.23. The zero-order chi connectivity index (χ0) is 18.2. The number of aromatic nitrogens is 3. The lowest BCUT2D eigenvalue weighted by atomic mass is 10.4. The molecule has 0 bridgehead atoms. The Balaban J connectivity index is 1.42. The number of aryl methyl sites for hydroxylation is 1. The molecule has 2 heterocycles. The molecule has 0 saturated heterocycles. The molecule has 0 spiro atoms. The Hall–Kier alpha value is -2.09. The van der Waals surface area contributed by atoms with Crippen molar-refractivity contribution in [2.75, 3.05) is 18.8 Å². The lowest BCUT2D eigenvalue weighted by Crippen LogP contribution is -2.38. The third-order valence-electron chi connectivity index (χ3n) is 4.10. The first-order valence-electron chi connectivity index (χ1n) is 9.07. The summed E-state index contributed by atoms with van der Waals surface area (Å²) in [5.74, 6) is 3.58. The Morgan fingerprint density at radius 1 is 1.27 bits per heavy atom. The highest BCUT2D eigenvalue weighted by molar-refractivity contribution is 7.99. The fraction of sp³-hybridized carbons (Fsp3) is 0.500. The van der Waals surface area contributed by atoms with E-state index in [-0.39, 0.29) is 5.82 Å². The van der Waals surface area contributed by atoms with Crippen molar-refractivity contribution in [2.45, 2.75) is 44.2 Å². The van der Waals surface area contributed by atoms with Crippen molar-refractivity contribution < 1.29 is 4.39 Å². The quantitative estimate of drug-likeness (QED) is 0.321. The first kappa shape index (κ1) is 18.7. The molecule has 1 aliphatic heterocycles. The number of rotatable bonds is 8. The van der Waals surface area contributed by atoms with Gasteiger partial charge in [0.1, 0.15) is 18.2 Å². The molecule has 3 rings (SSSR count). The number of halogens is 1. The third kappa shape index (κ3) is 5.20. The molecular weight excluding hydrogens is 351 g/mol. The monoisotopic (exact) mass is 376 g/mol. The number of guanidine groups is 1. The van der Waals surface area contributed by atoms with Crippen molar-refractivity contribution in [1.29, 1.82) is 0 Å². The van der Waals surface area contributed by atoms with E-state index in [1.807, 2.05) is 12.1 Å². The van der Waals surface area contributed by atoms with Gasteiger partial charge in [0.2, 0.25) is 0 Å². The van der Waals surface area contributed by atoms with Gasteiger partial charge in [-0.05, 0) is 49.8 Å². The minimum atomic E-state index is -0.194. The molecule has 2 aromatic rings. The topological polar surface area (TPSA) is 67.1 Å². The minimum absolute atomic E-state index is 0.194. The lowest BCUT2D eigenvalue weighted by Gasteiger charge is -2.11. The van der Waals surface area contributed by atoms with Gasteiger partial charge < -0.3 is 15.2 Å². The molecule has 0 aliphatic carbocycles. The van der Waals surface area contributed by atoms with Crippen LogP contribution in [-0.2, 0) is 19.5 Å². The van der Waals surface area contributed by atoms with E-state index >= 15 is 0 Å². The van der Waals surface area contributed by atoms with Crippen molar-refractivity contribution in [3.05, 3.63) is 41.7 Å². The second-order valence-electron chi connectivity index (χ2n) is 6.07. The number of benzene rings is 1. The number of fused-ring (bicyclic) bond motifs is 1. The van der Waals surface area contributed by atoms with Crippen LogP contribution in [0.5, 0.6) is 0 Å². The van der Waals surface area contributed by atoms with Gasteiger partial charge in [0.05, 0.1) is 0 Å². The van der Waals surface area contributed by atoms with E-state index in [9.17, 15) is 4.39 Å². The Morgan fingerprint density at radius 2 is 2.12 bits per heavy atom. The van der Waals surface area contributed by atoms with Crippen LogP contribution >= 0.6 is 11.8 Å². The van der Waals surface area contributed by atoms with Crippen LogP contribution < -0.4 is 10.6 Å². The maximum Gasteiger partial charge on any atom is 0.191 e. The highest BCUT2D eigenvalue weighted by Gasteiger charge is 2.16. The van der Waals surface area contributed by atoms with E-state index in [1.54, 1.807) is 11.8 Å². The molecule has 140 valence electrons. The average Bonchev–Trinajstić information content (AvgIpc) is 3.25. The molecule has 0 fully saturated rings. The van der Waals surface area contributed by atoms with Crippen LogP contribution in [0.2, 0.25) is 0 Å². The number of thioether (sulfide) groups is 1. The fourth-order valence-electron chi connectivity index (χ4n) is 2.82. The Kier molecular flexibility index (Phi) is 6.88. The molecule has 0 amide bonds. The van der Waals surface area contributed by atoms with Crippen molar-refractivity contribution >= 4 is 17.7 Å². The van der Waals surface area contributed by atoms with Crippen molar-refractivity contribution in [2.24, 2.45) is 4.99 Å². The molecule has 0 unspecified atom stereocenters. The summed E-state index contributed by atoms with van der Waals surface area (Å²) < 4.78 is 15.1. The second kappa shape index (κ2) is 9.56. The first-order valence-corrected chi connectivity index (χ1v) is 10.1. The first-order chi connectivity index (χ1) is 12.8. The van der Waals surface area contributed by atoms with Crippen LogP contribution in [0.25, 0.3) is 0 Å². The van der Waals surface area contributed by atoms with Gasteiger partial charge in [0, 0.05) is 31.0 Å². The molecule has 2 N–H and O–H groups in total.